The Hall–Kier alpha value is -1.55. The quantitative estimate of drug-likeness (QED) is 0.580. The highest BCUT2D eigenvalue weighted by Gasteiger charge is 2.71. The van der Waals surface area contributed by atoms with Crippen LogP contribution >= 0.6 is 12.2 Å². The molecule has 10 heteroatoms. The maximum atomic E-state index is 12.6. The Morgan fingerprint density at radius 2 is 1.60 bits per heavy atom. The maximum Gasteiger partial charge on any atom is 0.430 e. The molecule has 0 aliphatic rings. The Morgan fingerprint density at radius 1 is 1.10 bits per heavy atom. The van der Waals surface area contributed by atoms with Crippen LogP contribution in [0.4, 0.5) is 32.0 Å². The molecule has 1 rings (SSSR count). The van der Waals surface area contributed by atoms with Crippen molar-refractivity contribution in [3.05, 3.63) is 29.8 Å². The minimum Gasteiger partial charge on any atom is -0.376 e. The topological polar surface area (TPSA) is 58.3 Å². The summed E-state index contributed by atoms with van der Waals surface area (Å²) in [4.78, 5) is 0. The van der Waals surface area contributed by atoms with Crippen molar-refractivity contribution in [1.29, 1.82) is 0 Å². The summed E-state index contributed by atoms with van der Waals surface area (Å²) in [6.07, 6.45) is -11.9. The molecule has 0 aliphatic carbocycles. The van der Waals surface area contributed by atoms with Gasteiger partial charge in [0.25, 0.3) is 5.60 Å². The second kappa shape index (κ2) is 5.09. The van der Waals surface area contributed by atoms with E-state index in [1.807, 2.05) is 0 Å². The second-order valence-corrected chi connectivity index (χ2v) is 4.22. The molecular weight excluding hydrogens is 310 g/mol. The molecule has 0 heterocycles. The lowest BCUT2D eigenvalue weighted by Gasteiger charge is -2.32. The van der Waals surface area contributed by atoms with E-state index in [9.17, 15) is 31.4 Å². The van der Waals surface area contributed by atoms with E-state index in [2.05, 4.69) is 17.5 Å². The number of anilines is 1. The number of hydrogen-bond acceptors (Lipinski definition) is 2. The molecule has 3 nitrogen and oxygen atoms in total. The molecule has 0 bridgehead atoms. The Kier molecular flexibility index (Phi) is 4.20. The fourth-order valence-electron chi connectivity index (χ4n) is 1.45. The number of rotatable bonds is 2. The molecule has 0 fully saturated rings. The third kappa shape index (κ3) is 2.96. The molecular formula is C10H8F6N2OS. The number of benzene rings is 1. The Labute approximate surface area is 114 Å². The van der Waals surface area contributed by atoms with Gasteiger partial charge in [0.15, 0.2) is 5.11 Å². The monoisotopic (exact) mass is 318 g/mol. The van der Waals surface area contributed by atoms with E-state index in [1.165, 1.54) is 0 Å². The fourth-order valence-corrected chi connectivity index (χ4v) is 1.57. The standard InChI is InChI=1S/C10H8F6N2OS/c11-9(12,13)8(19,10(14,15)16)5-2-1-3-6(4-5)18-7(17)20/h1-4,19H,(H3,17,18,20). The van der Waals surface area contributed by atoms with Crippen LogP contribution in [0.3, 0.4) is 0 Å². The molecule has 20 heavy (non-hydrogen) atoms. The first kappa shape index (κ1) is 16.5. The SMILES string of the molecule is NC(=S)Nc1cccc(C(O)(C(F)(F)F)C(F)(F)F)c1. The highest BCUT2D eigenvalue weighted by Crippen LogP contribution is 2.50. The number of nitrogens with one attached hydrogen (secondary N) is 1. The van der Waals surface area contributed by atoms with Crippen molar-refractivity contribution in [3.63, 3.8) is 0 Å². The summed E-state index contributed by atoms with van der Waals surface area (Å²) in [6, 6.07) is 3.03. The van der Waals surface area contributed by atoms with E-state index in [0.717, 1.165) is 12.1 Å². The summed E-state index contributed by atoms with van der Waals surface area (Å²) in [7, 11) is 0. The molecule has 0 radical (unpaired) electrons. The van der Waals surface area contributed by atoms with Gasteiger partial charge in [-0.3, -0.25) is 0 Å². The lowest BCUT2D eigenvalue weighted by atomic mass is 9.92. The smallest absolute Gasteiger partial charge is 0.376 e. The van der Waals surface area contributed by atoms with Gasteiger partial charge in [-0.1, -0.05) is 12.1 Å². The van der Waals surface area contributed by atoms with Crippen molar-refractivity contribution in [2.75, 3.05) is 5.32 Å². The van der Waals surface area contributed by atoms with Gasteiger partial charge in [-0.05, 0) is 24.4 Å². The first-order chi connectivity index (χ1) is 8.89. The predicted molar refractivity (Wildman–Crippen MR) is 62.9 cm³/mol. The molecule has 1 aromatic rings. The average Bonchev–Trinajstić information content (AvgIpc) is 2.24. The van der Waals surface area contributed by atoms with E-state index in [1.54, 1.807) is 0 Å². The van der Waals surface area contributed by atoms with E-state index in [-0.39, 0.29) is 10.8 Å². The number of alkyl halides is 6. The van der Waals surface area contributed by atoms with E-state index in [0.29, 0.717) is 12.1 Å². The van der Waals surface area contributed by atoms with Gasteiger partial charge in [0.2, 0.25) is 0 Å². The van der Waals surface area contributed by atoms with Crippen LogP contribution in [0.5, 0.6) is 0 Å². The second-order valence-electron chi connectivity index (χ2n) is 3.78. The fraction of sp³-hybridized carbons (Fsp3) is 0.300. The average molecular weight is 318 g/mol. The van der Waals surface area contributed by atoms with E-state index in [4.69, 9.17) is 5.73 Å². The molecule has 112 valence electrons. The molecule has 0 spiro atoms. The van der Waals surface area contributed by atoms with Crippen LogP contribution < -0.4 is 11.1 Å². The van der Waals surface area contributed by atoms with Gasteiger partial charge in [-0.25, -0.2) is 0 Å². The molecule has 0 aromatic heterocycles. The molecule has 0 saturated heterocycles. The summed E-state index contributed by atoms with van der Waals surface area (Å²) >= 11 is 4.42. The van der Waals surface area contributed by atoms with Gasteiger partial charge in [-0.15, -0.1) is 0 Å². The van der Waals surface area contributed by atoms with Crippen molar-refractivity contribution < 1.29 is 31.4 Å². The van der Waals surface area contributed by atoms with Gasteiger partial charge >= 0.3 is 12.4 Å². The van der Waals surface area contributed by atoms with Crippen molar-refractivity contribution >= 4 is 23.0 Å². The summed E-state index contributed by atoms with van der Waals surface area (Å²) in [5.74, 6) is 0. The zero-order valence-electron chi connectivity index (χ0n) is 9.51. The van der Waals surface area contributed by atoms with Crippen LogP contribution in [0.25, 0.3) is 0 Å². The van der Waals surface area contributed by atoms with Crippen molar-refractivity contribution in [2.45, 2.75) is 18.0 Å². The van der Waals surface area contributed by atoms with Gasteiger partial charge in [0.1, 0.15) is 0 Å². The number of thiocarbonyl (C=S) groups is 1. The van der Waals surface area contributed by atoms with Crippen molar-refractivity contribution in [1.82, 2.24) is 0 Å². The Bertz CT molecular complexity index is 499. The number of aliphatic hydroxyl groups is 1. The van der Waals surface area contributed by atoms with Crippen LogP contribution in [0, 0.1) is 0 Å². The van der Waals surface area contributed by atoms with Crippen LogP contribution in [-0.4, -0.2) is 22.6 Å². The molecule has 1 aromatic carbocycles. The third-order valence-electron chi connectivity index (χ3n) is 2.37. The highest BCUT2D eigenvalue weighted by molar-refractivity contribution is 7.80. The Balaban J connectivity index is 3.41. The normalized spacial score (nSPS) is 13.2. The summed E-state index contributed by atoms with van der Waals surface area (Å²) in [5, 5.41) is 11.0. The van der Waals surface area contributed by atoms with Gasteiger partial charge in [0.05, 0.1) is 0 Å². The molecule has 0 saturated carbocycles. The number of halogens is 6. The zero-order chi connectivity index (χ0) is 15.8. The lowest BCUT2D eigenvalue weighted by Crippen LogP contribution is -2.53. The zero-order valence-corrected chi connectivity index (χ0v) is 10.3. The minimum atomic E-state index is -5.94. The summed E-state index contributed by atoms with van der Waals surface area (Å²) < 4.78 is 75.8. The van der Waals surface area contributed by atoms with Crippen LogP contribution in [0.2, 0.25) is 0 Å². The van der Waals surface area contributed by atoms with Gasteiger partial charge < -0.3 is 16.2 Å². The number of nitrogens with two attached hydrogens (primary N) is 1. The third-order valence-corrected chi connectivity index (χ3v) is 2.47. The predicted octanol–water partition coefficient (Wildman–Crippen LogP) is 2.65. The summed E-state index contributed by atoms with van der Waals surface area (Å²) in [6.45, 7) is 0. The molecule has 0 atom stereocenters. The van der Waals surface area contributed by atoms with Crippen molar-refractivity contribution in [2.24, 2.45) is 5.73 Å². The van der Waals surface area contributed by atoms with Crippen LogP contribution in [-0.2, 0) is 5.60 Å². The Morgan fingerprint density at radius 3 is 2.00 bits per heavy atom. The maximum absolute atomic E-state index is 12.6. The molecule has 0 amide bonds. The van der Waals surface area contributed by atoms with Crippen LogP contribution in [0.15, 0.2) is 24.3 Å². The molecule has 0 aliphatic heterocycles. The highest BCUT2D eigenvalue weighted by atomic mass is 32.1. The molecule has 0 unspecified atom stereocenters. The lowest BCUT2D eigenvalue weighted by molar-refractivity contribution is -0.376. The van der Waals surface area contributed by atoms with Crippen LogP contribution in [0.1, 0.15) is 5.56 Å². The largest absolute Gasteiger partial charge is 0.430 e. The summed E-state index contributed by atoms with van der Waals surface area (Å²) in [5.41, 5.74) is -1.51. The number of hydrogen-bond donors (Lipinski definition) is 3. The van der Waals surface area contributed by atoms with Gasteiger partial charge in [-0.2, -0.15) is 26.3 Å². The molecule has 4 N–H and O–H groups in total. The first-order valence-corrected chi connectivity index (χ1v) is 5.33. The van der Waals surface area contributed by atoms with Crippen molar-refractivity contribution in [3.8, 4) is 0 Å². The van der Waals surface area contributed by atoms with E-state index >= 15 is 0 Å². The van der Waals surface area contributed by atoms with E-state index < -0.39 is 23.5 Å². The minimum absolute atomic E-state index is 0.207. The first-order valence-electron chi connectivity index (χ1n) is 4.92. The van der Waals surface area contributed by atoms with Gasteiger partial charge in [0, 0.05) is 11.3 Å².